The summed E-state index contributed by atoms with van der Waals surface area (Å²) in [6.07, 6.45) is 1.48. The van der Waals surface area contributed by atoms with Crippen molar-refractivity contribution in [1.82, 2.24) is 19.8 Å². The molecule has 0 aliphatic carbocycles. The first-order chi connectivity index (χ1) is 12.8. The van der Waals surface area contributed by atoms with Crippen LogP contribution < -0.4 is 20.9 Å². The molecular formula is C19H27N5O3. The van der Waals surface area contributed by atoms with Crippen molar-refractivity contribution in [2.45, 2.75) is 26.0 Å². The quantitative estimate of drug-likeness (QED) is 0.775. The first kappa shape index (κ1) is 20.4. The van der Waals surface area contributed by atoms with Gasteiger partial charge >= 0.3 is 6.03 Å². The highest BCUT2D eigenvalue weighted by Crippen LogP contribution is 2.21. The summed E-state index contributed by atoms with van der Waals surface area (Å²) in [6.45, 7) is 4.36. The Hall–Kier alpha value is -2.87. The Morgan fingerprint density at radius 1 is 1.26 bits per heavy atom. The van der Waals surface area contributed by atoms with Crippen LogP contribution in [-0.2, 0) is 7.05 Å². The fourth-order valence-corrected chi connectivity index (χ4v) is 2.52. The number of ether oxygens (including phenoxy) is 1. The summed E-state index contributed by atoms with van der Waals surface area (Å²) >= 11 is 0. The van der Waals surface area contributed by atoms with Crippen LogP contribution >= 0.6 is 0 Å². The monoisotopic (exact) mass is 373 g/mol. The van der Waals surface area contributed by atoms with E-state index in [-0.39, 0.29) is 23.5 Å². The molecular weight excluding hydrogens is 346 g/mol. The molecule has 0 saturated heterocycles. The average molecular weight is 373 g/mol. The van der Waals surface area contributed by atoms with E-state index in [1.54, 1.807) is 7.05 Å². The second-order valence-electron chi connectivity index (χ2n) is 6.77. The fraction of sp³-hybridized carbons (Fsp3) is 0.421. The van der Waals surface area contributed by atoms with Gasteiger partial charge in [0.15, 0.2) is 0 Å². The third-order valence-electron chi connectivity index (χ3n) is 3.94. The summed E-state index contributed by atoms with van der Waals surface area (Å²) in [6, 6.07) is 8.68. The van der Waals surface area contributed by atoms with Crippen LogP contribution in [0.4, 0.5) is 10.6 Å². The number of likely N-dealkylation sites (N-methyl/N-ethyl adjacent to an activating group) is 1. The summed E-state index contributed by atoms with van der Waals surface area (Å²) in [4.78, 5) is 29.7. The number of nitrogens with zero attached hydrogens (tertiary/aromatic N) is 3. The van der Waals surface area contributed by atoms with Crippen molar-refractivity contribution in [3.63, 3.8) is 0 Å². The minimum absolute atomic E-state index is 0.0135. The van der Waals surface area contributed by atoms with Crippen molar-refractivity contribution in [1.29, 1.82) is 0 Å². The Bertz CT molecular complexity index is 815. The molecule has 0 bridgehead atoms. The minimum Gasteiger partial charge on any atom is -0.491 e. The van der Waals surface area contributed by atoms with Gasteiger partial charge in [-0.05, 0) is 45.6 Å². The largest absolute Gasteiger partial charge is 0.491 e. The smallest absolute Gasteiger partial charge is 0.320 e. The normalized spacial score (nSPS) is 12.1. The molecule has 8 nitrogen and oxygen atoms in total. The number of carbonyl (C=O) groups excluding carboxylic acids is 1. The van der Waals surface area contributed by atoms with Crippen LogP contribution in [-0.4, -0.2) is 47.2 Å². The highest BCUT2D eigenvalue weighted by molar-refractivity contribution is 5.88. The van der Waals surface area contributed by atoms with Crippen molar-refractivity contribution in [2.24, 2.45) is 7.05 Å². The van der Waals surface area contributed by atoms with E-state index in [1.165, 1.54) is 17.0 Å². The molecule has 0 aliphatic heterocycles. The molecule has 0 saturated carbocycles. The van der Waals surface area contributed by atoms with Crippen LogP contribution in [0.5, 0.6) is 5.75 Å². The molecule has 1 heterocycles. The zero-order valence-corrected chi connectivity index (χ0v) is 16.4. The van der Waals surface area contributed by atoms with Crippen molar-refractivity contribution >= 4 is 11.8 Å². The second kappa shape index (κ2) is 9.18. The van der Waals surface area contributed by atoms with Gasteiger partial charge in [-0.15, -0.1) is 0 Å². The molecule has 0 radical (unpaired) electrons. The molecule has 2 aromatic rings. The molecule has 1 aromatic heterocycles. The molecule has 27 heavy (non-hydrogen) atoms. The maximum absolute atomic E-state index is 12.1. The van der Waals surface area contributed by atoms with Gasteiger partial charge in [-0.3, -0.25) is 10.1 Å². The highest BCUT2D eigenvalue weighted by Gasteiger charge is 2.16. The molecule has 2 amide bonds. The van der Waals surface area contributed by atoms with Crippen LogP contribution in [0.2, 0.25) is 0 Å². The summed E-state index contributed by atoms with van der Waals surface area (Å²) in [5, 5.41) is 5.39. The van der Waals surface area contributed by atoms with Gasteiger partial charge in [0.25, 0.3) is 5.56 Å². The number of aromatic nitrogens is 2. The number of urea groups is 1. The van der Waals surface area contributed by atoms with Crippen molar-refractivity contribution in [2.75, 3.05) is 26.0 Å². The third kappa shape index (κ3) is 6.10. The van der Waals surface area contributed by atoms with Gasteiger partial charge in [-0.2, -0.15) is 0 Å². The number of hydrogen-bond donors (Lipinski definition) is 2. The first-order valence-electron chi connectivity index (χ1n) is 8.77. The van der Waals surface area contributed by atoms with Crippen LogP contribution in [0.25, 0.3) is 0 Å². The molecule has 2 N–H and O–H groups in total. The molecule has 0 fully saturated rings. The van der Waals surface area contributed by atoms with E-state index in [0.717, 1.165) is 11.3 Å². The number of rotatable bonds is 7. The van der Waals surface area contributed by atoms with E-state index in [4.69, 9.17) is 4.74 Å². The zero-order chi connectivity index (χ0) is 20.0. The summed E-state index contributed by atoms with van der Waals surface area (Å²) < 4.78 is 7.00. The molecule has 1 atom stereocenters. The Balaban J connectivity index is 1.98. The van der Waals surface area contributed by atoms with Gasteiger partial charge in [-0.1, -0.05) is 12.1 Å². The predicted molar refractivity (Wildman–Crippen MR) is 105 cm³/mol. The lowest BCUT2D eigenvalue weighted by molar-refractivity contribution is 0.240. The zero-order valence-electron chi connectivity index (χ0n) is 16.4. The number of carbonyl (C=O) groups is 1. The van der Waals surface area contributed by atoms with Crippen LogP contribution in [0.3, 0.4) is 0 Å². The van der Waals surface area contributed by atoms with E-state index in [9.17, 15) is 9.59 Å². The number of benzene rings is 1. The van der Waals surface area contributed by atoms with E-state index in [1.807, 2.05) is 57.1 Å². The minimum atomic E-state index is -0.414. The molecule has 2 rings (SSSR count). The average Bonchev–Trinajstić information content (AvgIpc) is 2.59. The lowest BCUT2D eigenvalue weighted by Crippen LogP contribution is -2.37. The highest BCUT2D eigenvalue weighted by atomic mass is 16.5. The Labute approximate surface area is 159 Å². The van der Waals surface area contributed by atoms with Gasteiger partial charge in [0, 0.05) is 19.7 Å². The number of anilines is 1. The lowest BCUT2D eigenvalue weighted by Gasteiger charge is -2.25. The molecule has 146 valence electrons. The van der Waals surface area contributed by atoms with E-state index >= 15 is 0 Å². The van der Waals surface area contributed by atoms with Gasteiger partial charge < -0.3 is 19.5 Å². The van der Waals surface area contributed by atoms with Crippen molar-refractivity contribution < 1.29 is 9.53 Å². The second-order valence-corrected chi connectivity index (χ2v) is 6.77. The number of hydrogen-bond acceptors (Lipinski definition) is 5. The van der Waals surface area contributed by atoms with Gasteiger partial charge in [0.2, 0.25) is 0 Å². The van der Waals surface area contributed by atoms with Crippen LogP contribution in [0.15, 0.2) is 41.5 Å². The van der Waals surface area contributed by atoms with Crippen LogP contribution in [0, 0.1) is 0 Å². The molecule has 1 aromatic carbocycles. The molecule has 0 spiro atoms. The third-order valence-corrected chi connectivity index (χ3v) is 3.94. The number of nitrogens with one attached hydrogen (secondary N) is 2. The predicted octanol–water partition coefficient (Wildman–Crippen LogP) is 1.99. The Morgan fingerprint density at radius 3 is 2.48 bits per heavy atom. The number of aryl methyl sites for hydroxylation is 1. The standard InChI is InChI=1S/C19H27N5O3/c1-13(2)27-15-8-6-14(7-9-15)16(23(3)4)11-20-19(26)22-17-10-18(25)24(5)12-21-17/h6-10,12-13,16H,11H2,1-5H3,(H2,20,22,26). The van der Waals surface area contributed by atoms with Crippen molar-refractivity contribution in [3.05, 3.63) is 52.6 Å². The SMILES string of the molecule is CC(C)Oc1ccc(C(CNC(=O)Nc2cc(=O)n(C)cn2)N(C)C)cc1. The van der Waals surface area contributed by atoms with E-state index in [2.05, 4.69) is 15.6 Å². The fourth-order valence-electron chi connectivity index (χ4n) is 2.52. The maximum Gasteiger partial charge on any atom is 0.320 e. The van der Waals surface area contributed by atoms with E-state index < -0.39 is 6.03 Å². The van der Waals surface area contributed by atoms with Gasteiger partial charge in [0.1, 0.15) is 11.6 Å². The van der Waals surface area contributed by atoms with E-state index in [0.29, 0.717) is 6.54 Å². The summed E-state index contributed by atoms with van der Waals surface area (Å²) in [5.41, 5.74) is 0.818. The van der Waals surface area contributed by atoms with Gasteiger partial charge in [0.05, 0.1) is 18.5 Å². The Morgan fingerprint density at radius 2 is 1.93 bits per heavy atom. The van der Waals surface area contributed by atoms with Gasteiger partial charge in [-0.25, -0.2) is 9.78 Å². The summed E-state index contributed by atoms with van der Waals surface area (Å²) in [5.74, 6) is 1.03. The maximum atomic E-state index is 12.1. The summed E-state index contributed by atoms with van der Waals surface area (Å²) in [7, 11) is 5.49. The number of amides is 2. The lowest BCUT2D eigenvalue weighted by atomic mass is 10.1. The Kier molecular flexibility index (Phi) is 6.95. The van der Waals surface area contributed by atoms with Crippen molar-refractivity contribution in [3.8, 4) is 5.75 Å². The molecule has 8 heteroatoms. The first-order valence-corrected chi connectivity index (χ1v) is 8.77. The van der Waals surface area contributed by atoms with Crippen LogP contribution in [0.1, 0.15) is 25.5 Å². The molecule has 0 aliphatic rings. The topological polar surface area (TPSA) is 88.5 Å². The molecule has 1 unspecified atom stereocenters.